The van der Waals surface area contributed by atoms with Crippen LogP contribution < -0.4 is 0 Å². The predicted molar refractivity (Wildman–Crippen MR) is 25.2 cm³/mol. The average molecular weight is 117 g/mol. The van der Waals surface area contributed by atoms with Crippen LogP contribution in [0, 0.1) is 0 Å². The molecule has 1 rings (SSSR count). The van der Waals surface area contributed by atoms with Crippen LogP contribution in [0.5, 0.6) is 0 Å². The molecule has 1 N–H and O–H groups in total. The number of carboxylic acid groups (broad SMARTS) is 1. The molecule has 1 fully saturated rings. The summed E-state index contributed by atoms with van der Waals surface area (Å²) in [5.74, 6) is -0.843. The Balaban J connectivity index is 2.09. The van der Waals surface area contributed by atoms with Crippen LogP contribution in [0.3, 0.4) is 0 Å². The molecule has 46 valence electrons. The second-order valence-electron chi connectivity index (χ2n) is 1.59. The minimum atomic E-state index is -0.843. The number of nitrogens with zero attached hydrogens (tertiary/aromatic N) is 1. The molecule has 0 saturated carbocycles. The van der Waals surface area contributed by atoms with Crippen LogP contribution in [0.25, 0.3) is 0 Å². The summed E-state index contributed by atoms with van der Waals surface area (Å²) >= 11 is 0. The van der Waals surface area contributed by atoms with Gasteiger partial charge < -0.3 is 5.11 Å². The molecule has 0 aromatic rings. The van der Waals surface area contributed by atoms with Crippen LogP contribution in [0.2, 0.25) is 0 Å². The molecule has 0 radical (unpaired) electrons. The summed E-state index contributed by atoms with van der Waals surface area (Å²) < 4.78 is 0. The number of carbonyl (C=O) groups is 1. The highest BCUT2D eigenvalue weighted by Crippen LogP contribution is 1.99. The summed E-state index contributed by atoms with van der Waals surface area (Å²) in [6, 6.07) is 0. The highest BCUT2D eigenvalue weighted by molar-refractivity contribution is 5.68. The summed E-state index contributed by atoms with van der Waals surface area (Å²) in [6.07, 6.45) is 0. The minimum Gasteiger partial charge on any atom is -0.480 e. The number of carboxylic acids is 1. The van der Waals surface area contributed by atoms with Crippen molar-refractivity contribution in [2.75, 3.05) is 19.7 Å². The smallest absolute Gasteiger partial charge is 0.320 e. The molecule has 0 aliphatic carbocycles. The second-order valence-corrected chi connectivity index (χ2v) is 1.59. The molecule has 0 amide bonds. The summed E-state index contributed by atoms with van der Waals surface area (Å²) in [5.41, 5.74) is 0. The van der Waals surface area contributed by atoms with E-state index in [-0.39, 0.29) is 6.54 Å². The van der Waals surface area contributed by atoms with Gasteiger partial charge in [0.05, 0.1) is 13.2 Å². The van der Waals surface area contributed by atoms with E-state index in [4.69, 9.17) is 9.94 Å². The van der Waals surface area contributed by atoms with E-state index in [1.165, 1.54) is 5.06 Å². The lowest BCUT2D eigenvalue weighted by molar-refractivity contribution is -0.246. The topological polar surface area (TPSA) is 49.8 Å². The first-order valence-corrected chi connectivity index (χ1v) is 2.38. The fourth-order valence-corrected chi connectivity index (χ4v) is 0.496. The van der Waals surface area contributed by atoms with Gasteiger partial charge in [0.15, 0.2) is 0 Å². The zero-order chi connectivity index (χ0) is 5.98. The van der Waals surface area contributed by atoms with E-state index < -0.39 is 5.97 Å². The molecule has 0 unspecified atom stereocenters. The Morgan fingerprint density at radius 3 is 2.62 bits per heavy atom. The van der Waals surface area contributed by atoms with E-state index in [0.717, 1.165) is 6.54 Å². The third-order valence-electron chi connectivity index (χ3n) is 0.926. The number of hydrogen-bond acceptors (Lipinski definition) is 3. The third kappa shape index (κ3) is 1.18. The van der Waals surface area contributed by atoms with Crippen LogP contribution in [-0.2, 0) is 9.63 Å². The van der Waals surface area contributed by atoms with Gasteiger partial charge in [-0.1, -0.05) is 0 Å². The zero-order valence-corrected chi connectivity index (χ0v) is 4.33. The standard InChI is InChI=1S/C4H7NO3/c6-4(7)3-5-1-2-8-5/h1-3H2,(H,6,7). The van der Waals surface area contributed by atoms with Crippen molar-refractivity contribution in [1.82, 2.24) is 5.06 Å². The summed E-state index contributed by atoms with van der Waals surface area (Å²) in [7, 11) is 0. The molecule has 1 saturated heterocycles. The Bertz CT molecular complexity index is 99.5. The van der Waals surface area contributed by atoms with Crippen molar-refractivity contribution in [3.63, 3.8) is 0 Å². The van der Waals surface area contributed by atoms with Gasteiger partial charge in [-0.15, -0.1) is 0 Å². The third-order valence-corrected chi connectivity index (χ3v) is 0.926. The van der Waals surface area contributed by atoms with Crippen LogP contribution in [-0.4, -0.2) is 35.8 Å². The molecule has 0 aromatic carbocycles. The zero-order valence-electron chi connectivity index (χ0n) is 4.33. The largest absolute Gasteiger partial charge is 0.480 e. The lowest BCUT2D eigenvalue weighted by Gasteiger charge is -2.27. The quantitative estimate of drug-likeness (QED) is 0.520. The first-order chi connectivity index (χ1) is 3.79. The van der Waals surface area contributed by atoms with Gasteiger partial charge in [0.25, 0.3) is 0 Å². The molecule has 0 aromatic heterocycles. The molecule has 0 spiro atoms. The van der Waals surface area contributed by atoms with Gasteiger partial charge in [-0.2, -0.15) is 5.06 Å². The maximum atomic E-state index is 9.88. The number of hydroxylamine groups is 2. The van der Waals surface area contributed by atoms with Crippen molar-refractivity contribution < 1.29 is 14.7 Å². The Morgan fingerprint density at radius 2 is 2.50 bits per heavy atom. The number of aliphatic carboxylic acids is 1. The fraction of sp³-hybridized carbons (Fsp3) is 0.750. The Kier molecular flexibility index (Phi) is 1.45. The van der Waals surface area contributed by atoms with Crippen molar-refractivity contribution in [2.24, 2.45) is 0 Å². The molecule has 4 nitrogen and oxygen atoms in total. The summed E-state index contributed by atoms with van der Waals surface area (Å²) in [4.78, 5) is 14.6. The van der Waals surface area contributed by atoms with E-state index in [2.05, 4.69) is 0 Å². The average Bonchev–Trinajstić information content (AvgIpc) is 1.55. The van der Waals surface area contributed by atoms with Gasteiger partial charge in [0.1, 0.15) is 6.54 Å². The van der Waals surface area contributed by atoms with Crippen molar-refractivity contribution >= 4 is 5.97 Å². The molecule has 1 heterocycles. The van der Waals surface area contributed by atoms with E-state index in [1.807, 2.05) is 0 Å². The van der Waals surface area contributed by atoms with Gasteiger partial charge in [0.2, 0.25) is 0 Å². The number of hydrogen-bond donors (Lipinski definition) is 1. The summed E-state index contributed by atoms with van der Waals surface area (Å²) in [6.45, 7) is 1.40. The maximum Gasteiger partial charge on any atom is 0.320 e. The van der Waals surface area contributed by atoms with E-state index in [9.17, 15) is 4.79 Å². The molecular weight excluding hydrogens is 110 g/mol. The Hall–Kier alpha value is -0.610. The van der Waals surface area contributed by atoms with Crippen molar-refractivity contribution in [1.29, 1.82) is 0 Å². The molecule has 4 heteroatoms. The van der Waals surface area contributed by atoms with Gasteiger partial charge in [0, 0.05) is 0 Å². The Morgan fingerprint density at radius 1 is 1.88 bits per heavy atom. The van der Waals surface area contributed by atoms with Crippen LogP contribution in [0.4, 0.5) is 0 Å². The first kappa shape index (κ1) is 5.53. The lowest BCUT2D eigenvalue weighted by atomic mass is 10.5. The highest BCUT2D eigenvalue weighted by atomic mass is 16.7. The van der Waals surface area contributed by atoms with Crippen LogP contribution in [0.15, 0.2) is 0 Å². The molecule has 8 heavy (non-hydrogen) atoms. The monoisotopic (exact) mass is 117 g/mol. The molecule has 0 atom stereocenters. The van der Waals surface area contributed by atoms with Crippen LogP contribution >= 0.6 is 0 Å². The normalized spacial score (nSPS) is 20.0. The van der Waals surface area contributed by atoms with Crippen molar-refractivity contribution in [2.45, 2.75) is 0 Å². The van der Waals surface area contributed by atoms with Gasteiger partial charge in [-0.25, -0.2) is 0 Å². The van der Waals surface area contributed by atoms with Crippen molar-refractivity contribution in [3.8, 4) is 0 Å². The highest BCUT2D eigenvalue weighted by Gasteiger charge is 2.16. The van der Waals surface area contributed by atoms with Crippen molar-refractivity contribution in [3.05, 3.63) is 0 Å². The maximum absolute atomic E-state index is 9.88. The van der Waals surface area contributed by atoms with Gasteiger partial charge >= 0.3 is 5.97 Å². The van der Waals surface area contributed by atoms with E-state index >= 15 is 0 Å². The second kappa shape index (κ2) is 2.11. The summed E-state index contributed by atoms with van der Waals surface area (Å²) in [5, 5.41) is 9.53. The van der Waals surface area contributed by atoms with Gasteiger partial charge in [-0.3, -0.25) is 9.63 Å². The number of rotatable bonds is 2. The molecule has 1 aliphatic heterocycles. The lowest BCUT2D eigenvalue weighted by Crippen LogP contribution is -2.42. The SMILES string of the molecule is O=C(O)CN1CCO1. The molecule has 0 bridgehead atoms. The first-order valence-electron chi connectivity index (χ1n) is 2.38. The minimum absolute atomic E-state index is 0. The van der Waals surface area contributed by atoms with E-state index in [1.54, 1.807) is 0 Å². The predicted octanol–water partition coefficient (Wildman–Crippen LogP) is -0.682. The Labute approximate surface area is 46.6 Å². The van der Waals surface area contributed by atoms with E-state index in [0.29, 0.717) is 6.61 Å². The fourth-order valence-electron chi connectivity index (χ4n) is 0.496. The molecular formula is C4H7NO3. The molecule has 1 aliphatic rings. The van der Waals surface area contributed by atoms with Crippen LogP contribution in [0.1, 0.15) is 0 Å². The van der Waals surface area contributed by atoms with Gasteiger partial charge in [-0.05, 0) is 0 Å².